The van der Waals surface area contributed by atoms with Crippen LogP contribution in [0.1, 0.15) is 31.4 Å². The van der Waals surface area contributed by atoms with E-state index in [1.165, 1.54) is 0 Å². The van der Waals surface area contributed by atoms with Crippen LogP contribution in [0.25, 0.3) is 0 Å². The summed E-state index contributed by atoms with van der Waals surface area (Å²) in [5.41, 5.74) is 1.13. The van der Waals surface area contributed by atoms with Crippen molar-refractivity contribution >= 4 is 34.2 Å². The van der Waals surface area contributed by atoms with E-state index in [-0.39, 0.29) is 24.4 Å². The standard InChI is InChI=1S/C14H19BrN2O.ClH/c1-10(12-3-2-4-13(15)8-12)17-14(18)7-11-5-6-16-9-11;/h2-4,8,10-11,16H,5-7,9H2,1H3,(H,17,18);1H. The molecule has 0 radical (unpaired) electrons. The third kappa shape index (κ3) is 5.13. The molecule has 0 aliphatic carbocycles. The largest absolute Gasteiger partial charge is 0.350 e. The Bertz CT molecular complexity index is 422. The molecule has 1 aliphatic heterocycles. The van der Waals surface area contributed by atoms with E-state index in [0.717, 1.165) is 29.5 Å². The highest BCUT2D eigenvalue weighted by molar-refractivity contribution is 9.10. The van der Waals surface area contributed by atoms with Crippen LogP contribution in [-0.4, -0.2) is 19.0 Å². The molecule has 1 saturated heterocycles. The Morgan fingerprint density at radius 2 is 2.37 bits per heavy atom. The Hall–Kier alpha value is -0.580. The second kappa shape index (κ2) is 7.88. The fourth-order valence-corrected chi connectivity index (χ4v) is 2.73. The Balaban J connectivity index is 0.00000180. The number of hydrogen-bond donors (Lipinski definition) is 2. The van der Waals surface area contributed by atoms with E-state index >= 15 is 0 Å². The molecule has 0 spiro atoms. The summed E-state index contributed by atoms with van der Waals surface area (Å²) >= 11 is 3.45. The zero-order chi connectivity index (χ0) is 13.0. The van der Waals surface area contributed by atoms with Gasteiger partial charge in [-0.3, -0.25) is 4.79 Å². The smallest absolute Gasteiger partial charge is 0.220 e. The van der Waals surface area contributed by atoms with Crippen LogP contribution in [0.2, 0.25) is 0 Å². The summed E-state index contributed by atoms with van der Waals surface area (Å²) in [6, 6.07) is 8.12. The Morgan fingerprint density at radius 3 is 3.00 bits per heavy atom. The minimum Gasteiger partial charge on any atom is -0.350 e. The minimum atomic E-state index is 0. The molecule has 2 unspecified atom stereocenters. The van der Waals surface area contributed by atoms with E-state index in [0.29, 0.717) is 12.3 Å². The van der Waals surface area contributed by atoms with Crippen LogP contribution in [0.5, 0.6) is 0 Å². The molecule has 19 heavy (non-hydrogen) atoms. The molecule has 106 valence electrons. The number of amides is 1. The predicted octanol–water partition coefficient (Wildman–Crippen LogP) is 3.05. The molecule has 1 aliphatic rings. The highest BCUT2D eigenvalue weighted by atomic mass is 79.9. The van der Waals surface area contributed by atoms with Gasteiger partial charge in [-0.25, -0.2) is 0 Å². The van der Waals surface area contributed by atoms with Gasteiger partial charge in [0.15, 0.2) is 0 Å². The maximum Gasteiger partial charge on any atom is 0.220 e. The average molecular weight is 348 g/mol. The van der Waals surface area contributed by atoms with Crippen LogP contribution in [0.15, 0.2) is 28.7 Å². The number of hydrogen-bond acceptors (Lipinski definition) is 2. The van der Waals surface area contributed by atoms with E-state index in [1.807, 2.05) is 31.2 Å². The highest BCUT2D eigenvalue weighted by Crippen LogP contribution is 2.19. The summed E-state index contributed by atoms with van der Waals surface area (Å²) in [5, 5.41) is 6.35. The molecule has 1 amide bonds. The van der Waals surface area contributed by atoms with Gasteiger partial charge in [-0.1, -0.05) is 28.1 Å². The number of rotatable bonds is 4. The number of carbonyl (C=O) groups is 1. The quantitative estimate of drug-likeness (QED) is 0.879. The van der Waals surface area contributed by atoms with Gasteiger partial charge >= 0.3 is 0 Å². The van der Waals surface area contributed by atoms with E-state index in [2.05, 4.69) is 26.6 Å². The molecule has 2 rings (SSSR count). The second-order valence-electron chi connectivity index (χ2n) is 4.91. The van der Waals surface area contributed by atoms with Gasteiger partial charge in [0.05, 0.1) is 6.04 Å². The van der Waals surface area contributed by atoms with E-state index in [4.69, 9.17) is 0 Å². The number of carbonyl (C=O) groups excluding carboxylic acids is 1. The monoisotopic (exact) mass is 346 g/mol. The van der Waals surface area contributed by atoms with Gasteiger partial charge in [-0.05, 0) is 50.0 Å². The first-order chi connectivity index (χ1) is 8.65. The van der Waals surface area contributed by atoms with Crippen LogP contribution in [0.4, 0.5) is 0 Å². The Labute approximate surface area is 129 Å². The van der Waals surface area contributed by atoms with Crippen molar-refractivity contribution in [2.75, 3.05) is 13.1 Å². The van der Waals surface area contributed by atoms with Gasteiger partial charge in [0.1, 0.15) is 0 Å². The topological polar surface area (TPSA) is 41.1 Å². The van der Waals surface area contributed by atoms with Gasteiger partial charge < -0.3 is 10.6 Å². The summed E-state index contributed by atoms with van der Waals surface area (Å²) in [6.07, 6.45) is 1.74. The first-order valence-electron chi connectivity index (χ1n) is 6.40. The summed E-state index contributed by atoms with van der Waals surface area (Å²) in [6.45, 7) is 4.03. The van der Waals surface area contributed by atoms with Gasteiger partial charge in [0, 0.05) is 10.9 Å². The van der Waals surface area contributed by atoms with Gasteiger partial charge in [-0.2, -0.15) is 0 Å². The van der Waals surface area contributed by atoms with Crippen molar-refractivity contribution in [2.45, 2.75) is 25.8 Å². The summed E-state index contributed by atoms with van der Waals surface area (Å²) < 4.78 is 1.04. The molecule has 5 heteroatoms. The summed E-state index contributed by atoms with van der Waals surface area (Å²) in [5.74, 6) is 0.649. The summed E-state index contributed by atoms with van der Waals surface area (Å²) in [4.78, 5) is 11.9. The van der Waals surface area contributed by atoms with E-state index < -0.39 is 0 Å². The zero-order valence-electron chi connectivity index (χ0n) is 11.0. The summed E-state index contributed by atoms with van der Waals surface area (Å²) in [7, 11) is 0. The van der Waals surface area contributed by atoms with Crippen LogP contribution >= 0.6 is 28.3 Å². The highest BCUT2D eigenvalue weighted by Gasteiger charge is 2.19. The van der Waals surface area contributed by atoms with Crippen molar-refractivity contribution in [3.05, 3.63) is 34.3 Å². The molecule has 2 N–H and O–H groups in total. The number of halogens is 2. The lowest BCUT2D eigenvalue weighted by molar-refractivity contribution is -0.122. The van der Waals surface area contributed by atoms with Gasteiger partial charge in [0.2, 0.25) is 5.91 Å². The Kier molecular flexibility index (Phi) is 6.83. The molecule has 2 atom stereocenters. The lowest BCUT2D eigenvalue weighted by Crippen LogP contribution is -2.28. The predicted molar refractivity (Wildman–Crippen MR) is 83.5 cm³/mol. The van der Waals surface area contributed by atoms with Crippen molar-refractivity contribution in [1.29, 1.82) is 0 Å². The van der Waals surface area contributed by atoms with Crippen molar-refractivity contribution in [2.24, 2.45) is 5.92 Å². The SMILES string of the molecule is CC(NC(=O)CC1CCNC1)c1cccc(Br)c1.Cl. The van der Waals surface area contributed by atoms with Crippen LogP contribution in [0, 0.1) is 5.92 Å². The van der Waals surface area contributed by atoms with Crippen molar-refractivity contribution in [1.82, 2.24) is 10.6 Å². The first kappa shape index (κ1) is 16.5. The number of benzene rings is 1. The van der Waals surface area contributed by atoms with Crippen molar-refractivity contribution in [3.63, 3.8) is 0 Å². The molecule has 0 aromatic heterocycles. The average Bonchev–Trinajstić information content (AvgIpc) is 2.81. The van der Waals surface area contributed by atoms with Crippen LogP contribution in [0.3, 0.4) is 0 Å². The molecule has 1 fully saturated rings. The van der Waals surface area contributed by atoms with Gasteiger partial charge in [-0.15, -0.1) is 12.4 Å². The minimum absolute atomic E-state index is 0. The van der Waals surface area contributed by atoms with Crippen molar-refractivity contribution < 1.29 is 4.79 Å². The van der Waals surface area contributed by atoms with Crippen molar-refractivity contribution in [3.8, 4) is 0 Å². The fourth-order valence-electron chi connectivity index (χ4n) is 2.31. The van der Waals surface area contributed by atoms with E-state index in [9.17, 15) is 4.79 Å². The normalized spacial score (nSPS) is 19.6. The van der Waals surface area contributed by atoms with Crippen LogP contribution < -0.4 is 10.6 Å². The lowest BCUT2D eigenvalue weighted by Gasteiger charge is -2.16. The molecular weight excluding hydrogens is 328 g/mol. The molecule has 0 bridgehead atoms. The molecule has 1 aromatic carbocycles. The zero-order valence-corrected chi connectivity index (χ0v) is 13.4. The molecule has 1 heterocycles. The maximum atomic E-state index is 11.9. The van der Waals surface area contributed by atoms with E-state index in [1.54, 1.807) is 0 Å². The Morgan fingerprint density at radius 1 is 1.58 bits per heavy atom. The second-order valence-corrected chi connectivity index (χ2v) is 5.82. The lowest BCUT2D eigenvalue weighted by atomic mass is 10.0. The molecule has 3 nitrogen and oxygen atoms in total. The fraction of sp³-hybridized carbons (Fsp3) is 0.500. The molecule has 1 aromatic rings. The molecular formula is C14H20BrClN2O. The maximum absolute atomic E-state index is 11.9. The third-order valence-electron chi connectivity index (χ3n) is 3.36. The third-order valence-corrected chi connectivity index (χ3v) is 3.86. The van der Waals surface area contributed by atoms with Crippen LogP contribution in [-0.2, 0) is 4.79 Å². The molecule has 0 saturated carbocycles. The van der Waals surface area contributed by atoms with Gasteiger partial charge in [0.25, 0.3) is 0 Å². The first-order valence-corrected chi connectivity index (χ1v) is 7.20. The number of nitrogens with one attached hydrogen (secondary N) is 2.